The Kier molecular flexibility index (Phi) is 7.12. The summed E-state index contributed by atoms with van der Waals surface area (Å²) in [5, 5.41) is 3.07. The number of hydrogen-bond donors (Lipinski definition) is 1. The summed E-state index contributed by atoms with van der Waals surface area (Å²) in [4.78, 5) is 24.9. The van der Waals surface area contributed by atoms with Crippen molar-refractivity contribution in [1.29, 1.82) is 0 Å². The first-order chi connectivity index (χ1) is 13.3. The zero-order chi connectivity index (χ0) is 20.8. The molecule has 1 amide bonds. The van der Waals surface area contributed by atoms with Crippen molar-refractivity contribution in [1.82, 2.24) is 0 Å². The molecule has 8 heteroatoms. The Balaban J connectivity index is 2.14. The fourth-order valence-electron chi connectivity index (χ4n) is 2.50. The molecule has 0 saturated heterocycles. The standard InChI is InChI=1S/C20H22ClNO6/c1-11-17(26-4)8-13(9-18(11)27-5)20(24)28-12(2)19(23)22-15-10-14(21)6-7-16(15)25-3/h6-10,12H,1-5H3,(H,22,23). The Morgan fingerprint density at radius 2 is 1.54 bits per heavy atom. The van der Waals surface area contributed by atoms with Crippen LogP contribution in [0.4, 0.5) is 5.69 Å². The summed E-state index contributed by atoms with van der Waals surface area (Å²) < 4.78 is 21.0. The van der Waals surface area contributed by atoms with E-state index in [4.69, 9.17) is 30.5 Å². The van der Waals surface area contributed by atoms with Crippen LogP contribution in [0.3, 0.4) is 0 Å². The van der Waals surface area contributed by atoms with Crippen molar-refractivity contribution in [3.05, 3.63) is 46.5 Å². The van der Waals surface area contributed by atoms with Gasteiger partial charge in [0.05, 0.1) is 32.6 Å². The van der Waals surface area contributed by atoms with Crippen molar-refractivity contribution >= 4 is 29.2 Å². The lowest BCUT2D eigenvalue weighted by molar-refractivity contribution is -0.123. The SMILES string of the molecule is COc1ccc(Cl)cc1NC(=O)C(C)OC(=O)c1cc(OC)c(C)c(OC)c1. The molecule has 0 aliphatic rings. The molecule has 0 radical (unpaired) electrons. The lowest BCUT2D eigenvalue weighted by Crippen LogP contribution is -2.30. The summed E-state index contributed by atoms with van der Waals surface area (Å²) in [6.45, 7) is 3.27. The van der Waals surface area contributed by atoms with E-state index in [1.54, 1.807) is 25.1 Å². The van der Waals surface area contributed by atoms with Gasteiger partial charge in [-0.2, -0.15) is 0 Å². The third-order valence-electron chi connectivity index (χ3n) is 4.06. The van der Waals surface area contributed by atoms with Gasteiger partial charge < -0.3 is 24.3 Å². The summed E-state index contributed by atoms with van der Waals surface area (Å²) in [6.07, 6.45) is -1.06. The fraction of sp³-hybridized carbons (Fsp3) is 0.300. The molecule has 2 aromatic rings. The molecule has 150 valence electrons. The van der Waals surface area contributed by atoms with Crippen LogP contribution < -0.4 is 19.5 Å². The molecule has 0 aliphatic heterocycles. The zero-order valence-electron chi connectivity index (χ0n) is 16.3. The molecule has 0 aliphatic carbocycles. The number of ether oxygens (including phenoxy) is 4. The van der Waals surface area contributed by atoms with Crippen molar-refractivity contribution in [3.8, 4) is 17.2 Å². The largest absolute Gasteiger partial charge is 0.496 e. The van der Waals surface area contributed by atoms with Gasteiger partial charge in [-0.05, 0) is 44.2 Å². The van der Waals surface area contributed by atoms with E-state index in [1.807, 2.05) is 0 Å². The number of hydrogen-bond acceptors (Lipinski definition) is 6. The van der Waals surface area contributed by atoms with Crippen molar-refractivity contribution in [2.45, 2.75) is 20.0 Å². The highest BCUT2D eigenvalue weighted by atomic mass is 35.5. The van der Waals surface area contributed by atoms with Crippen LogP contribution in [0, 0.1) is 6.92 Å². The topological polar surface area (TPSA) is 83.1 Å². The molecule has 7 nitrogen and oxygen atoms in total. The van der Waals surface area contributed by atoms with Crippen LogP contribution >= 0.6 is 11.6 Å². The predicted molar refractivity (Wildman–Crippen MR) is 106 cm³/mol. The van der Waals surface area contributed by atoms with Crippen LogP contribution in [0.5, 0.6) is 17.2 Å². The number of esters is 1. The number of nitrogens with one attached hydrogen (secondary N) is 1. The van der Waals surface area contributed by atoms with Crippen molar-refractivity contribution in [2.24, 2.45) is 0 Å². The Hall–Kier alpha value is -2.93. The van der Waals surface area contributed by atoms with Gasteiger partial charge in [0.25, 0.3) is 5.91 Å². The van der Waals surface area contributed by atoms with E-state index in [-0.39, 0.29) is 5.56 Å². The second kappa shape index (κ2) is 9.32. The first kappa shape index (κ1) is 21.4. The Morgan fingerprint density at radius 1 is 0.964 bits per heavy atom. The first-order valence-corrected chi connectivity index (χ1v) is 8.76. The second-order valence-electron chi connectivity index (χ2n) is 5.89. The normalized spacial score (nSPS) is 11.4. The molecule has 0 aromatic heterocycles. The van der Waals surface area contributed by atoms with Crippen molar-refractivity contribution < 1.29 is 28.5 Å². The van der Waals surface area contributed by atoms with Crippen LogP contribution in [0.2, 0.25) is 5.02 Å². The van der Waals surface area contributed by atoms with Crippen molar-refractivity contribution in [2.75, 3.05) is 26.6 Å². The molecule has 2 aromatic carbocycles. The van der Waals surface area contributed by atoms with Gasteiger partial charge in [0, 0.05) is 10.6 Å². The van der Waals surface area contributed by atoms with E-state index in [0.717, 1.165) is 5.56 Å². The highest BCUT2D eigenvalue weighted by molar-refractivity contribution is 6.31. The van der Waals surface area contributed by atoms with Gasteiger partial charge in [0.2, 0.25) is 0 Å². The summed E-state index contributed by atoms with van der Waals surface area (Å²) in [5.74, 6) is 0.181. The highest BCUT2D eigenvalue weighted by Crippen LogP contribution is 2.30. The molecule has 1 N–H and O–H groups in total. The minimum Gasteiger partial charge on any atom is -0.496 e. The number of rotatable bonds is 7. The molecule has 2 rings (SSSR count). The Labute approximate surface area is 168 Å². The van der Waals surface area contributed by atoms with E-state index in [1.165, 1.54) is 40.4 Å². The van der Waals surface area contributed by atoms with Crippen LogP contribution in [0.1, 0.15) is 22.8 Å². The van der Waals surface area contributed by atoms with E-state index in [9.17, 15) is 9.59 Å². The maximum atomic E-state index is 12.5. The molecule has 28 heavy (non-hydrogen) atoms. The van der Waals surface area contributed by atoms with Gasteiger partial charge in [-0.15, -0.1) is 0 Å². The molecule has 0 spiro atoms. The van der Waals surface area contributed by atoms with Crippen LogP contribution in [0.15, 0.2) is 30.3 Å². The van der Waals surface area contributed by atoms with Gasteiger partial charge in [-0.25, -0.2) is 4.79 Å². The van der Waals surface area contributed by atoms with Gasteiger partial charge in [0.15, 0.2) is 6.10 Å². The van der Waals surface area contributed by atoms with E-state index >= 15 is 0 Å². The molecule has 0 fully saturated rings. The number of amides is 1. The highest BCUT2D eigenvalue weighted by Gasteiger charge is 2.22. The lowest BCUT2D eigenvalue weighted by atomic mass is 10.1. The number of methoxy groups -OCH3 is 3. The third kappa shape index (κ3) is 4.86. The van der Waals surface area contributed by atoms with E-state index in [2.05, 4.69) is 5.32 Å². The van der Waals surface area contributed by atoms with Gasteiger partial charge in [-0.3, -0.25) is 4.79 Å². The van der Waals surface area contributed by atoms with Gasteiger partial charge >= 0.3 is 5.97 Å². The maximum absolute atomic E-state index is 12.5. The lowest BCUT2D eigenvalue weighted by Gasteiger charge is -2.16. The summed E-state index contributed by atoms with van der Waals surface area (Å²) in [6, 6.07) is 7.87. The molecule has 0 bridgehead atoms. The number of halogens is 1. The number of benzene rings is 2. The summed E-state index contributed by atoms with van der Waals surface area (Å²) >= 11 is 5.96. The fourth-order valence-corrected chi connectivity index (χ4v) is 2.67. The third-order valence-corrected chi connectivity index (χ3v) is 4.30. The quantitative estimate of drug-likeness (QED) is 0.702. The molecule has 1 unspecified atom stereocenters. The number of carbonyl (C=O) groups is 2. The molecular formula is C20H22ClNO6. The molecule has 0 saturated carbocycles. The van der Waals surface area contributed by atoms with Crippen molar-refractivity contribution in [3.63, 3.8) is 0 Å². The molecule has 1 atom stereocenters. The van der Waals surface area contributed by atoms with E-state index < -0.39 is 18.0 Å². The van der Waals surface area contributed by atoms with Crippen LogP contribution in [-0.2, 0) is 9.53 Å². The Bertz CT molecular complexity index is 858. The summed E-state index contributed by atoms with van der Waals surface area (Å²) in [5.41, 5.74) is 1.33. The summed E-state index contributed by atoms with van der Waals surface area (Å²) in [7, 11) is 4.46. The minimum absolute atomic E-state index is 0.208. The van der Waals surface area contributed by atoms with E-state index in [0.29, 0.717) is 28.0 Å². The predicted octanol–water partition coefficient (Wildman–Crippen LogP) is 3.86. The maximum Gasteiger partial charge on any atom is 0.339 e. The Morgan fingerprint density at radius 3 is 2.07 bits per heavy atom. The first-order valence-electron chi connectivity index (χ1n) is 8.38. The zero-order valence-corrected chi connectivity index (χ0v) is 17.0. The van der Waals surface area contributed by atoms with Crippen LogP contribution in [-0.4, -0.2) is 39.3 Å². The second-order valence-corrected chi connectivity index (χ2v) is 6.32. The van der Waals surface area contributed by atoms with Gasteiger partial charge in [-0.1, -0.05) is 11.6 Å². The molecule has 0 heterocycles. The number of carbonyl (C=O) groups excluding carboxylic acids is 2. The van der Waals surface area contributed by atoms with Crippen LogP contribution in [0.25, 0.3) is 0 Å². The smallest absolute Gasteiger partial charge is 0.339 e. The molecular weight excluding hydrogens is 386 g/mol. The number of anilines is 1. The van der Waals surface area contributed by atoms with Gasteiger partial charge in [0.1, 0.15) is 17.2 Å². The average Bonchev–Trinajstić information content (AvgIpc) is 2.68. The monoisotopic (exact) mass is 407 g/mol. The minimum atomic E-state index is -1.06. The average molecular weight is 408 g/mol.